The Morgan fingerprint density at radius 1 is 1.53 bits per heavy atom. The Balaban J connectivity index is 2.24. The summed E-state index contributed by atoms with van der Waals surface area (Å²) in [5.74, 6) is -0.907. The number of anilines is 1. The highest BCUT2D eigenvalue weighted by molar-refractivity contribution is 9.10. The maximum Gasteiger partial charge on any atom is 0.335 e. The smallest absolute Gasteiger partial charge is 0.335 e. The lowest BCUT2D eigenvalue weighted by molar-refractivity contribution is 0.0697. The molecule has 1 atom stereocenters. The molecule has 0 radical (unpaired) electrons. The van der Waals surface area contributed by atoms with E-state index in [1.165, 1.54) is 0 Å². The van der Waals surface area contributed by atoms with Crippen LogP contribution >= 0.6 is 15.9 Å². The van der Waals surface area contributed by atoms with Crippen molar-refractivity contribution in [3.8, 4) is 0 Å². The van der Waals surface area contributed by atoms with E-state index >= 15 is 0 Å². The van der Waals surface area contributed by atoms with Gasteiger partial charge in [-0.1, -0.05) is 15.9 Å². The van der Waals surface area contributed by atoms with Gasteiger partial charge in [0.1, 0.15) is 0 Å². The maximum atomic E-state index is 11.0. The van der Waals surface area contributed by atoms with Crippen LogP contribution in [0, 0.1) is 0 Å². The van der Waals surface area contributed by atoms with Crippen molar-refractivity contribution in [2.24, 2.45) is 0 Å². The summed E-state index contributed by atoms with van der Waals surface area (Å²) in [6, 6.07) is 5.24. The fraction of sp³-hybridized carbons (Fsp3) is 0.417. The van der Waals surface area contributed by atoms with E-state index < -0.39 is 5.97 Å². The van der Waals surface area contributed by atoms with Crippen LogP contribution in [0.4, 0.5) is 5.69 Å². The van der Waals surface area contributed by atoms with Gasteiger partial charge in [-0.25, -0.2) is 4.79 Å². The zero-order valence-corrected chi connectivity index (χ0v) is 11.1. The maximum absolute atomic E-state index is 11.0. The molecule has 0 aliphatic carbocycles. The average molecular weight is 300 g/mol. The van der Waals surface area contributed by atoms with E-state index in [4.69, 9.17) is 9.84 Å². The van der Waals surface area contributed by atoms with Crippen molar-refractivity contribution in [1.82, 2.24) is 0 Å². The number of nitrogens with zero attached hydrogens (tertiary/aromatic N) is 1. The number of carboxylic acids is 1. The molecule has 0 aromatic heterocycles. The van der Waals surface area contributed by atoms with Crippen molar-refractivity contribution >= 4 is 27.6 Å². The van der Waals surface area contributed by atoms with Crippen molar-refractivity contribution in [3.05, 3.63) is 28.2 Å². The van der Waals surface area contributed by atoms with Gasteiger partial charge in [0.25, 0.3) is 0 Å². The Labute approximate surface area is 108 Å². The molecule has 92 valence electrons. The lowest BCUT2D eigenvalue weighted by Crippen LogP contribution is -2.22. The minimum absolute atomic E-state index is 0.238. The van der Waals surface area contributed by atoms with E-state index in [1.807, 2.05) is 6.07 Å². The highest BCUT2D eigenvalue weighted by Crippen LogP contribution is 2.26. The van der Waals surface area contributed by atoms with E-state index in [9.17, 15) is 4.79 Å². The van der Waals surface area contributed by atoms with Gasteiger partial charge in [-0.3, -0.25) is 0 Å². The summed E-state index contributed by atoms with van der Waals surface area (Å²) < 4.78 is 6.09. The van der Waals surface area contributed by atoms with Gasteiger partial charge in [-0.05, 0) is 24.6 Å². The standard InChI is InChI=1S/C12H14BrNO3/c1-17-11-2-3-14(7-11)10-5-8(12(15)16)4-9(13)6-10/h4-6,11H,2-3,7H2,1H3,(H,15,16). The minimum atomic E-state index is -0.907. The number of methoxy groups -OCH3 is 1. The third kappa shape index (κ3) is 2.79. The first-order chi connectivity index (χ1) is 8.10. The monoisotopic (exact) mass is 299 g/mol. The number of hydrogen-bond donors (Lipinski definition) is 1. The molecular weight excluding hydrogens is 286 g/mol. The third-order valence-corrected chi connectivity index (χ3v) is 3.43. The van der Waals surface area contributed by atoms with Gasteiger partial charge in [-0.15, -0.1) is 0 Å². The average Bonchev–Trinajstić information content (AvgIpc) is 2.76. The molecule has 1 fully saturated rings. The molecule has 1 aliphatic rings. The Morgan fingerprint density at radius 3 is 2.88 bits per heavy atom. The SMILES string of the molecule is COC1CCN(c2cc(Br)cc(C(=O)O)c2)C1. The summed E-state index contributed by atoms with van der Waals surface area (Å²) >= 11 is 3.34. The molecular formula is C12H14BrNO3. The molecule has 1 saturated heterocycles. The number of carbonyl (C=O) groups is 1. The number of carboxylic acid groups (broad SMARTS) is 1. The molecule has 1 heterocycles. The molecule has 4 nitrogen and oxygen atoms in total. The van der Waals surface area contributed by atoms with Crippen LogP contribution in [0.15, 0.2) is 22.7 Å². The van der Waals surface area contributed by atoms with Crippen LogP contribution in [0.2, 0.25) is 0 Å². The van der Waals surface area contributed by atoms with Gasteiger partial charge in [0, 0.05) is 30.4 Å². The lowest BCUT2D eigenvalue weighted by atomic mass is 10.2. The molecule has 0 bridgehead atoms. The molecule has 1 aromatic rings. The van der Waals surface area contributed by atoms with Gasteiger partial charge in [-0.2, -0.15) is 0 Å². The minimum Gasteiger partial charge on any atom is -0.478 e. The molecule has 0 saturated carbocycles. The summed E-state index contributed by atoms with van der Waals surface area (Å²) in [6.45, 7) is 1.71. The Hall–Kier alpha value is -1.07. The summed E-state index contributed by atoms with van der Waals surface area (Å²) in [5.41, 5.74) is 1.23. The molecule has 2 rings (SSSR count). The van der Waals surface area contributed by atoms with Crippen molar-refractivity contribution < 1.29 is 14.6 Å². The van der Waals surface area contributed by atoms with Gasteiger partial charge >= 0.3 is 5.97 Å². The second-order valence-electron chi connectivity index (χ2n) is 4.10. The Kier molecular flexibility index (Phi) is 3.69. The second-order valence-corrected chi connectivity index (χ2v) is 5.01. The molecule has 1 aromatic carbocycles. The van der Waals surface area contributed by atoms with Crippen molar-refractivity contribution in [1.29, 1.82) is 0 Å². The van der Waals surface area contributed by atoms with E-state index in [1.54, 1.807) is 19.2 Å². The summed E-state index contributed by atoms with van der Waals surface area (Å²) in [5, 5.41) is 9.01. The van der Waals surface area contributed by atoms with E-state index in [2.05, 4.69) is 20.8 Å². The van der Waals surface area contributed by atoms with E-state index in [-0.39, 0.29) is 6.10 Å². The highest BCUT2D eigenvalue weighted by Gasteiger charge is 2.23. The number of rotatable bonds is 3. The quantitative estimate of drug-likeness (QED) is 0.931. The van der Waals surface area contributed by atoms with Crippen LogP contribution in [0.25, 0.3) is 0 Å². The van der Waals surface area contributed by atoms with Crippen LogP contribution in [-0.4, -0.2) is 37.4 Å². The first-order valence-corrected chi connectivity index (χ1v) is 6.21. The van der Waals surface area contributed by atoms with Crippen molar-refractivity contribution in [2.75, 3.05) is 25.1 Å². The van der Waals surface area contributed by atoms with E-state index in [0.717, 1.165) is 29.7 Å². The van der Waals surface area contributed by atoms with Gasteiger partial charge in [0.2, 0.25) is 0 Å². The predicted octanol–water partition coefficient (Wildman–Crippen LogP) is 2.37. The van der Waals surface area contributed by atoms with Crippen LogP contribution in [0.5, 0.6) is 0 Å². The van der Waals surface area contributed by atoms with Crippen LogP contribution in [-0.2, 0) is 4.74 Å². The number of hydrogen-bond acceptors (Lipinski definition) is 3. The number of ether oxygens (including phenoxy) is 1. The fourth-order valence-corrected chi connectivity index (χ4v) is 2.52. The summed E-state index contributed by atoms with van der Waals surface area (Å²) in [6.07, 6.45) is 1.22. The molecule has 17 heavy (non-hydrogen) atoms. The van der Waals surface area contributed by atoms with Crippen LogP contribution < -0.4 is 4.90 Å². The number of benzene rings is 1. The second kappa shape index (κ2) is 5.06. The highest BCUT2D eigenvalue weighted by atomic mass is 79.9. The Morgan fingerprint density at radius 2 is 2.29 bits per heavy atom. The topological polar surface area (TPSA) is 49.8 Å². The van der Waals surface area contributed by atoms with Crippen molar-refractivity contribution in [2.45, 2.75) is 12.5 Å². The molecule has 0 amide bonds. The van der Waals surface area contributed by atoms with Crippen LogP contribution in [0.1, 0.15) is 16.8 Å². The zero-order chi connectivity index (χ0) is 12.4. The molecule has 1 unspecified atom stereocenters. The Bertz CT molecular complexity index is 436. The predicted molar refractivity (Wildman–Crippen MR) is 68.7 cm³/mol. The van der Waals surface area contributed by atoms with Crippen molar-refractivity contribution in [3.63, 3.8) is 0 Å². The lowest BCUT2D eigenvalue weighted by Gasteiger charge is -2.19. The summed E-state index contributed by atoms with van der Waals surface area (Å²) in [7, 11) is 1.71. The molecule has 1 aliphatic heterocycles. The van der Waals surface area contributed by atoms with Gasteiger partial charge in [0.15, 0.2) is 0 Å². The zero-order valence-electron chi connectivity index (χ0n) is 9.52. The molecule has 0 spiro atoms. The first kappa shape index (κ1) is 12.4. The summed E-state index contributed by atoms with van der Waals surface area (Å²) in [4.78, 5) is 13.1. The normalized spacial score (nSPS) is 19.6. The van der Waals surface area contributed by atoms with Gasteiger partial charge in [0.05, 0.1) is 11.7 Å². The molecule has 1 N–H and O–H groups in total. The fourth-order valence-electron chi connectivity index (χ4n) is 2.04. The van der Waals surface area contributed by atoms with Gasteiger partial charge < -0.3 is 14.7 Å². The van der Waals surface area contributed by atoms with Crippen LogP contribution in [0.3, 0.4) is 0 Å². The van der Waals surface area contributed by atoms with E-state index in [0.29, 0.717) is 5.56 Å². The largest absolute Gasteiger partial charge is 0.478 e. The molecule has 5 heteroatoms. The number of halogens is 1. The number of aromatic carboxylic acids is 1. The first-order valence-electron chi connectivity index (χ1n) is 5.42. The third-order valence-electron chi connectivity index (χ3n) is 2.97.